The van der Waals surface area contributed by atoms with Crippen LogP contribution in [0.3, 0.4) is 0 Å². The number of rotatable bonds is 2. The highest BCUT2D eigenvalue weighted by Gasteiger charge is 2.14. The molecule has 98 valence electrons. The van der Waals surface area contributed by atoms with Crippen LogP contribution in [0.2, 0.25) is 0 Å². The predicted octanol–water partition coefficient (Wildman–Crippen LogP) is 4.76. The maximum Gasteiger partial charge on any atom is 0.196 e. The topological polar surface area (TPSA) is 30.2 Å². The highest BCUT2D eigenvalue weighted by Crippen LogP contribution is 2.28. The zero-order valence-corrected chi connectivity index (χ0v) is 12.8. The minimum Gasteiger partial charge on any atom is -0.454 e. The highest BCUT2D eigenvalue weighted by atomic mass is 79.9. The van der Waals surface area contributed by atoms with Crippen molar-refractivity contribution in [3.63, 3.8) is 0 Å². The minimum atomic E-state index is 0.00171. The molecule has 0 radical (unpaired) electrons. The molecule has 1 aromatic heterocycles. The summed E-state index contributed by atoms with van der Waals surface area (Å²) in [4.78, 5) is 12.4. The average Bonchev–Trinajstić information content (AvgIpc) is 2.37. The number of halogens is 1. The van der Waals surface area contributed by atoms with Crippen molar-refractivity contribution in [1.29, 1.82) is 0 Å². The Morgan fingerprint density at radius 3 is 2.63 bits per heavy atom. The smallest absolute Gasteiger partial charge is 0.196 e. The summed E-state index contributed by atoms with van der Waals surface area (Å²) in [6, 6.07) is 3.79. The Hall–Kier alpha value is -1.61. The standard InChI is InChI=1S/C16H15BrO2/c1-5-11(6-2)15-10(4)14(18)12-7-9(3)8-13(17)16(12)19-15/h5-8H,1H2,2-4H3/b11-6+. The van der Waals surface area contributed by atoms with Gasteiger partial charge in [0.2, 0.25) is 0 Å². The van der Waals surface area contributed by atoms with Crippen LogP contribution in [0.15, 0.2) is 44.5 Å². The van der Waals surface area contributed by atoms with Crippen molar-refractivity contribution >= 4 is 32.5 Å². The van der Waals surface area contributed by atoms with Crippen LogP contribution >= 0.6 is 15.9 Å². The van der Waals surface area contributed by atoms with Gasteiger partial charge in [0.05, 0.1) is 9.86 Å². The van der Waals surface area contributed by atoms with Crippen LogP contribution in [0, 0.1) is 13.8 Å². The highest BCUT2D eigenvalue weighted by molar-refractivity contribution is 9.10. The number of fused-ring (bicyclic) bond motifs is 1. The van der Waals surface area contributed by atoms with Gasteiger partial charge >= 0.3 is 0 Å². The number of hydrogen-bond donors (Lipinski definition) is 0. The van der Waals surface area contributed by atoms with Crippen molar-refractivity contribution in [1.82, 2.24) is 0 Å². The molecular weight excluding hydrogens is 304 g/mol. The SMILES string of the molecule is C=C/C(=C\C)c1oc2c(Br)cc(C)cc2c(=O)c1C. The molecule has 0 atom stereocenters. The molecule has 0 aliphatic heterocycles. The first-order chi connectivity index (χ1) is 8.99. The second-order valence-corrected chi connectivity index (χ2v) is 5.31. The lowest BCUT2D eigenvalue weighted by atomic mass is 10.0. The predicted molar refractivity (Wildman–Crippen MR) is 83.5 cm³/mol. The summed E-state index contributed by atoms with van der Waals surface area (Å²) in [5.41, 5.74) is 3.04. The van der Waals surface area contributed by atoms with E-state index in [-0.39, 0.29) is 5.43 Å². The molecule has 2 aromatic rings. The molecule has 0 saturated heterocycles. The van der Waals surface area contributed by atoms with Gasteiger partial charge in [0, 0.05) is 11.1 Å². The first-order valence-electron chi connectivity index (χ1n) is 6.02. The molecule has 0 aliphatic rings. The van der Waals surface area contributed by atoms with Crippen LogP contribution in [-0.2, 0) is 0 Å². The van der Waals surface area contributed by atoms with Crippen LogP contribution in [0.25, 0.3) is 16.5 Å². The Labute approximate surface area is 120 Å². The minimum absolute atomic E-state index is 0.00171. The van der Waals surface area contributed by atoms with Crippen molar-refractivity contribution < 1.29 is 4.42 Å². The molecule has 0 saturated carbocycles. The lowest BCUT2D eigenvalue weighted by Gasteiger charge is -2.09. The molecule has 19 heavy (non-hydrogen) atoms. The first-order valence-corrected chi connectivity index (χ1v) is 6.81. The van der Waals surface area contributed by atoms with Gasteiger partial charge in [0.25, 0.3) is 0 Å². The van der Waals surface area contributed by atoms with Crippen molar-refractivity contribution in [2.24, 2.45) is 0 Å². The molecule has 1 aromatic carbocycles. The van der Waals surface area contributed by atoms with Crippen LogP contribution < -0.4 is 5.43 Å². The van der Waals surface area contributed by atoms with Gasteiger partial charge in [-0.2, -0.15) is 0 Å². The second-order valence-electron chi connectivity index (χ2n) is 4.46. The van der Waals surface area contributed by atoms with Gasteiger partial charge in [-0.05, 0) is 54.4 Å². The van der Waals surface area contributed by atoms with Crippen molar-refractivity contribution in [2.45, 2.75) is 20.8 Å². The summed E-state index contributed by atoms with van der Waals surface area (Å²) in [6.45, 7) is 9.38. The number of hydrogen-bond acceptors (Lipinski definition) is 2. The summed E-state index contributed by atoms with van der Waals surface area (Å²) in [7, 11) is 0. The Kier molecular flexibility index (Phi) is 3.76. The number of aryl methyl sites for hydroxylation is 1. The Morgan fingerprint density at radius 2 is 2.05 bits per heavy atom. The van der Waals surface area contributed by atoms with E-state index in [2.05, 4.69) is 22.5 Å². The van der Waals surface area contributed by atoms with Gasteiger partial charge < -0.3 is 4.42 Å². The van der Waals surface area contributed by atoms with Crippen LogP contribution in [0.4, 0.5) is 0 Å². The molecule has 0 fully saturated rings. The fourth-order valence-corrected chi connectivity index (χ4v) is 2.76. The van der Waals surface area contributed by atoms with E-state index < -0.39 is 0 Å². The van der Waals surface area contributed by atoms with E-state index in [4.69, 9.17) is 4.42 Å². The average molecular weight is 319 g/mol. The molecule has 0 unspecified atom stereocenters. The lowest BCUT2D eigenvalue weighted by molar-refractivity contribution is 0.580. The summed E-state index contributed by atoms with van der Waals surface area (Å²) >= 11 is 3.46. The molecule has 0 amide bonds. The van der Waals surface area contributed by atoms with Crippen LogP contribution in [-0.4, -0.2) is 0 Å². The molecule has 1 heterocycles. The van der Waals surface area contributed by atoms with Crippen molar-refractivity contribution in [2.75, 3.05) is 0 Å². The van der Waals surface area contributed by atoms with E-state index in [9.17, 15) is 4.79 Å². The van der Waals surface area contributed by atoms with Gasteiger partial charge in [-0.25, -0.2) is 0 Å². The molecule has 2 rings (SSSR count). The van der Waals surface area contributed by atoms with Gasteiger partial charge in [0.1, 0.15) is 5.76 Å². The summed E-state index contributed by atoms with van der Waals surface area (Å²) < 4.78 is 6.71. The van der Waals surface area contributed by atoms with E-state index in [1.54, 1.807) is 13.0 Å². The molecule has 0 spiro atoms. The normalized spacial score (nSPS) is 11.9. The van der Waals surface area contributed by atoms with E-state index in [1.165, 1.54) is 0 Å². The maximum atomic E-state index is 12.4. The zero-order valence-electron chi connectivity index (χ0n) is 11.2. The zero-order chi connectivity index (χ0) is 14.2. The third kappa shape index (κ3) is 2.30. The largest absolute Gasteiger partial charge is 0.454 e. The molecule has 0 aliphatic carbocycles. The van der Waals surface area contributed by atoms with Gasteiger partial charge in [0.15, 0.2) is 11.0 Å². The summed E-state index contributed by atoms with van der Waals surface area (Å²) in [5.74, 6) is 0.583. The third-order valence-corrected chi connectivity index (χ3v) is 3.70. The van der Waals surface area contributed by atoms with E-state index in [1.807, 2.05) is 32.1 Å². The van der Waals surface area contributed by atoms with Crippen LogP contribution in [0.1, 0.15) is 23.8 Å². The van der Waals surface area contributed by atoms with Gasteiger partial charge in [-0.1, -0.05) is 18.7 Å². The van der Waals surface area contributed by atoms with Crippen molar-refractivity contribution in [3.8, 4) is 0 Å². The Morgan fingerprint density at radius 1 is 1.37 bits per heavy atom. The molecular formula is C16H15BrO2. The first kappa shape index (κ1) is 13.8. The molecule has 3 heteroatoms. The number of benzene rings is 1. The summed E-state index contributed by atoms with van der Waals surface area (Å²) in [6.07, 6.45) is 3.57. The van der Waals surface area contributed by atoms with E-state index >= 15 is 0 Å². The Bertz CT molecular complexity index is 751. The van der Waals surface area contributed by atoms with Gasteiger partial charge in [-0.15, -0.1) is 0 Å². The van der Waals surface area contributed by atoms with E-state index in [0.29, 0.717) is 22.3 Å². The second kappa shape index (κ2) is 5.17. The summed E-state index contributed by atoms with van der Waals surface area (Å²) in [5, 5.41) is 0.604. The Balaban J connectivity index is 2.96. The fourth-order valence-electron chi connectivity index (χ4n) is 2.10. The fraction of sp³-hybridized carbons (Fsp3) is 0.188. The number of allylic oxidation sites excluding steroid dienone is 3. The molecule has 0 N–H and O–H groups in total. The van der Waals surface area contributed by atoms with Crippen molar-refractivity contribution in [3.05, 3.63) is 62.4 Å². The lowest BCUT2D eigenvalue weighted by Crippen LogP contribution is -2.09. The molecule has 0 bridgehead atoms. The monoisotopic (exact) mass is 318 g/mol. The molecule has 2 nitrogen and oxygen atoms in total. The quantitative estimate of drug-likeness (QED) is 0.747. The maximum absolute atomic E-state index is 12.4. The third-order valence-electron chi connectivity index (χ3n) is 3.11. The van der Waals surface area contributed by atoms with Crippen LogP contribution in [0.5, 0.6) is 0 Å². The van der Waals surface area contributed by atoms with Gasteiger partial charge in [-0.3, -0.25) is 4.79 Å². The van der Waals surface area contributed by atoms with E-state index in [0.717, 1.165) is 15.6 Å².